The molecule has 0 aliphatic heterocycles. The molecule has 1 rings (SSSR count). The lowest BCUT2D eigenvalue weighted by atomic mass is 10.1. The molecule has 0 aromatic heterocycles. The molecule has 0 bridgehead atoms. The molecule has 0 fully saturated rings. The van der Waals surface area contributed by atoms with Gasteiger partial charge in [-0.05, 0) is 25.3 Å². The molecule has 0 saturated carbocycles. The fraction of sp³-hybridized carbons (Fsp3) is 0.625. The Bertz CT molecular complexity index is 230. The minimum absolute atomic E-state index is 0.147. The summed E-state index contributed by atoms with van der Waals surface area (Å²) in [7, 11) is 0. The average Bonchev–Trinajstić information content (AvgIpc) is 2.04. The maximum absolute atomic E-state index is 11.7. The summed E-state index contributed by atoms with van der Waals surface area (Å²) in [6.07, 6.45) is -0.544. The van der Waals surface area contributed by atoms with Gasteiger partial charge in [-0.1, -0.05) is 0 Å². The summed E-state index contributed by atoms with van der Waals surface area (Å²) >= 11 is 0. The van der Waals surface area contributed by atoms with Crippen LogP contribution in [-0.2, 0) is 9.53 Å². The van der Waals surface area contributed by atoms with Crippen LogP contribution in [0.25, 0.3) is 0 Å². The van der Waals surface area contributed by atoms with Crippen LogP contribution in [0, 0.1) is 0 Å². The first-order chi connectivity index (χ1) is 6.00. The SMILES string of the molecule is O=C(OC1=CCCCC1)C(F)(F)F. The summed E-state index contributed by atoms with van der Waals surface area (Å²) in [5.41, 5.74) is 0. The van der Waals surface area contributed by atoms with Gasteiger partial charge in [-0.25, -0.2) is 4.79 Å². The number of carbonyl (C=O) groups excluding carboxylic acids is 1. The van der Waals surface area contributed by atoms with Gasteiger partial charge in [0.2, 0.25) is 0 Å². The van der Waals surface area contributed by atoms with E-state index in [1.54, 1.807) is 0 Å². The number of esters is 1. The zero-order valence-corrected chi connectivity index (χ0v) is 6.86. The van der Waals surface area contributed by atoms with E-state index in [9.17, 15) is 18.0 Å². The van der Waals surface area contributed by atoms with E-state index in [4.69, 9.17) is 0 Å². The molecule has 0 aromatic rings. The summed E-state index contributed by atoms with van der Waals surface area (Å²) in [6, 6.07) is 0. The summed E-state index contributed by atoms with van der Waals surface area (Å²) in [5, 5.41) is 0. The molecule has 1 aliphatic rings. The number of rotatable bonds is 1. The summed E-state index contributed by atoms with van der Waals surface area (Å²) < 4.78 is 39.3. The predicted molar refractivity (Wildman–Crippen MR) is 38.7 cm³/mol. The molecule has 2 nitrogen and oxygen atoms in total. The van der Waals surface area contributed by atoms with E-state index in [-0.39, 0.29) is 5.76 Å². The largest absolute Gasteiger partial charge is 0.491 e. The number of carbonyl (C=O) groups is 1. The number of allylic oxidation sites excluding steroid dienone is 2. The summed E-state index contributed by atoms with van der Waals surface area (Å²) in [6.45, 7) is 0. The van der Waals surface area contributed by atoms with E-state index < -0.39 is 12.1 Å². The van der Waals surface area contributed by atoms with E-state index in [1.807, 2.05) is 0 Å². The van der Waals surface area contributed by atoms with Crippen molar-refractivity contribution in [2.45, 2.75) is 31.9 Å². The van der Waals surface area contributed by atoms with Crippen LogP contribution in [0.2, 0.25) is 0 Å². The topological polar surface area (TPSA) is 26.3 Å². The quantitative estimate of drug-likeness (QED) is 0.599. The molecule has 5 heteroatoms. The zero-order chi connectivity index (χ0) is 9.90. The maximum atomic E-state index is 11.7. The van der Waals surface area contributed by atoms with Crippen LogP contribution in [0.4, 0.5) is 13.2 Å². The van der Waals surface area contributed by atoms with Crippen LogP contribution in [0.1, 0.15) is 25.7 Å². The van der Waals surface area contributed by atoms with Gasteiger partial charge in [-0.2, -0.15) is 13.2 Å². The Hall–Kier alpha value is -1.00. The third-order valence-electron chi connectivity index (χ3n) is 1.70. The molecule has 74 valence electrons. The van der Waals surface area contributed by atoms with Gasteiger partial charge in [0.1, 0.15) is 5.76 Å². The highest BCUT2D eigenvalue weighted by molar-refractivity contribution is 5.76. The lowest BCUT2D eigenvalue weighted by Gasteiger charge is -2.13. The van der Waals surface area contributed by atoms with Crippen molar-refractivity contribution in [3.8, 4) is 0 Å². The van der Waals surface area contributed by atoms with E-state index in [2.05, 4.69) is 4.74 Å². The van der Waals surface area contributed by atoms with Crippen molar-refractivity contribution in [2.75, 3.05) is 0 Å². The van der Waals surface area contributed by atoms with E-state index >= 15 is 0 Å². The van der Waals surface area contributed by atoms with Crippen LogP contribution < -0.4 is 0 Å². The molecular weight excluding hydrogens is 185 g/mol. The highest BCUT2D eigenvalue weighted by Gasteiger charge is 2.41. The zero-order valence-electron chi connectivity index (χ0n) is 6.86. The van der Waals surface area contributed by atoms with Crippen LogP contribution in [0.15, 0.2) is 11.8 Å². The number of hydrogen-bond donors (Lipinski definition) is 0. The van der Waals surface area contributed by atoms with Crippen molar-refractivity contribution >= 4 is 5.97 Å². The minimum atomic E-state index is -4.89. The molecule has 0 radical (unpaired) electrons. The van der Waals surface area contributed by atoms with Gasteiger partial charge in [0, 0.05) is 6.42 Å². The van der Waals surface area contributed by atoms with Crippen molar-refractivity contribution in [2.24, 2.45) is 0 Å². The van der Waals surface area contributed by atoms with Gasteiger partial charge in [-0.3, -0.25) is 0 Å². The molecule has 0 N–H and O–H groups in total. The second kappa shape index (κ2) is 3.81. The smallest absolute Gasteiger partial charge is 0.425 e. The molecular formula is C8H9F3O2. The number of halogens is 3. The Kier molecular flexibility index (Phi) is 2.95. The fourth-order valence-corrected chi connectivity index (χ4v) is 1.08. The Morgan fingerprint density at radius 3 is 2.54 bits per heavy atom. The number of ether oxygens (including phenoxy) is 1. The number of hydrogen-bond acceptors (Lipinski definition) is 2. The average molecular weight is 194 g/mol. The maximum Gasteiger partial charge on any atom is 0.491 e. The second-order valence-corrected chi connectivity index (χ2v) is 2.80. The van der Waals surface area contributed by atoms with Crippen molar-refractivity contribution in [3.63, 3.8) is 0 Å². The molecule has 0 atom stereocenters. The molecule has 0 spiro atoms. The second-order valence-electron chi connectivity index (χ2n) is 2.80. The minimum Gasteiger partial charge on any atom is -0.425 e. The van der Waals surface area contributed by atoms with Gasteiger partial charge in [-0.15, -0.1) is 0 Å². The first-order valence-corrected chi connectivity index (χ1v) is 3.98. The lowest BCUT2D eigenvalue weighted by molar-refractivity contribution is -0.195. The van der Waals surface area contributed by atoms with Crippen molar-refractivity contribution < 1.29 is 22.7 Å². The third kappa shape index (κ3) is 3.08. The first kappa shape index (κ1) is 10.1. The summed E-state index contributed by atoms with van der Waals surface area (Å²) in [5.74, 6) is -1.98. The molecule has 0 aromatic carbocycles. The molecule has 13 heavy (non-hydrogen) atoms. The highest BCUT2D eigenvalue weighted by atomic mass is 19.4. The molecule has 1 aliphatic carbocycles. The van der Waals surface area contributed by atoms with Gasteiger partial charge in [0.15, 0.2) is 0 Å². The van der Waals surface area contributed by atoms with Crippen LogP contribution >= 0.6 is 0 Å². The molecule has 0 saturated heterocycles. The Morgan fingerprint density at radius 2 is 2.08 bits per heavy atom. The first-order valence-electron chi connectivity index (χ1n) is 3.98. The van der Waals surface area contributed by atoms with Crippen molar-refractivity contribution in [1.82, 2.24) is 0 Å². The third-order valence-corrected chi connectivity index (χ3v) is 1.70. The summed E-state index contributed by atoms with van der Waals surface area (Å²) in [4.78, 5) is 10.3. The number of alkyl halides is 3. The fourth-order valence-electron chi connectivity index (χ4n) is 1.08. The van der Waals surface area contributed by atoms with Gasteiger partial charge in [0.25, 0.3) is 0 Å². The van der Waals surface area contributed by atoms with E-state index in [1.165, 1.54) is 6.08 Å². The normalized spacial score (nSPS) is 17.9. The van der Waals surface area contributed by atoms with Crippen molar-refractivity contribution in [3.05, 3.63) is 11.8 Å². The van der Waals surface area contributed by atoms with Crippen molar-refractivity contribution in [1.29, 1.82) is 0 Å². The molecule has 0 heterocycles. The molecule has 0 amide bonds. The Balaban J connectivity index is 2.49. The monoisotopic (exact) mass is 194 g/mol. The van der Waals surface area contributed by atoms with Crippen LogP contribution in [0.5, 0.6) is 0 Å². The predicted octanol–water partition coefficient (Wildman–Crippen LogP) is 2.55. The van der Waals surface area contributed by atoms with E-state index in [0.29, 0.717) is 12.8 Å². The highest BCUT2D eigenvalue weighted by Crippen LogP contribution is 2.23. The lowest BCUT2D eigenvalue weighted by Crippen LogP contribution is -2.25. The molecule has 0 unspecified atom stereocenters. The standard InChI is InChI=1S/C8H9F3O2/c9-8(10,11)7(12)13-6-4-2-1-3-5-6/h4H,1-3,5H2. The van der Waals surface area contributed by atoms with Gasteiger partial charge >= 0.3 is 12.1 Å². The Morgan fingerprint density at radius 1 is 1.38 bits per heavy atom. The van der Waals surface area contributed by atoms with Crippen LogP contribution in [-0.4, -0.2) is 12.1 Å². The van der Waals surface area contributed by atoms with Gasteiger partial charge in [0.05, 0.1) is 0 Å². The van der Waals surface area contributed by atoms with Gasteiger partial charge < -0.3 is 4.74 Å². The van der Waals surface area contributed by atoms with E-state index in [0.717, 1.165) is 12.8 Å². The Labute approximate surface area is 73.4 Å². The van der Waals surface area contributed by atoms with Crippen LogP contribution in [0.3, 0.4) is 0 Å².